The molecule has 2 unspecified atom stereocenters. The average molecular weight is 222 g/mol. The van der Waals surface area contributed by atoms with Crippen molar-refractivity contribution < 1.29 is 4.42 Å². The summed E-state index contributed by atoms with van der Waals surface area (Å²) in [5, 5.41) is 0. The molecule has 1 fully saturated rings. The summed E-state index contributed by atoms with van der Waals surface area (Å²) in [7, 11) is 0. The van der Waals surface area contributed by atoms with E-state index >= 15 is 0 Å². The van der Waals surface area contributed by atoms with E-state index in [1.165, 1.54) is 12.8 Å². The van der Waals surface area contributed by atoms with Crippen LogP contribution in [-0.2, 0) is 6.54 Å². The van der Waals surface area contributed by atoms with Gasteiger partial charge in [-0.25, -0.2) is 0 Å². The van der Waals surface area contributed by atoms with Crippen molar-refractivity contribution in [3.05, 3.63) is 24.2 Å². The molecular weight excluding hydrogens is 200 g/mol. The van der Waals surface area contributed by atoms with Gasteiger partial charge in [0.1, 0.15) is 5.76 Å². The van der Waals surface area contributed by atoms with Gasteiger partial charge >= 0.3 is 0 Å². The van der Waals surface area contributed by atoms with Crippen LogP contribution in [0.4, 0.5) is 0 Å². The number of furan rings is 1. The Balaban J connectivity index is 1.99. The first-order chi connectivity index (χ1) is 7.72. The highest BCUT2D eigenvalue weighted by Gasteiger charge is 2.34. The SMILES string of the molecule is CC(CN)C(C)N(Cc1ccco1)C1CC1. The Morgan fingerprint density at radius 1 is 1.50 bits per heavy atom. The Hall–Kier alpha value is -0.800. The quantitative estimate of drug-likeness (QED) is 0.802. The van der Waals surface area contributed by atoms with Gasteiger partial charge in [0, 0.05) is 12.1 Å². The molecule has 3 nitrogen and oxygen atoms in total. The van der Waals surface area contributed by atoms with Crippen LogP contribution in [0.3, 0.4) is 0 Å². The number of hydrogen-bond acceptors (Lipinski definition) is 3. The van der Waals surface area contributed by atoms with Gasteiger partial charge < -0.3 is 10.2 Å². The fourth-order valence-corrected chi connectivity index (χ4v) is 2.12. The van der Waals surface area contributed by atoms with Gasteiger partial charge in [0.15, 0.2) is 0 Å². The Morgan fingerprint density at radius 3 is 2.75 bits per heavy atom. The summed E-state index contributed by atoms with van der Waals surface area (Å²) < 4.78 is 5.43. The van der Waals surface area contributed by atoms with Gasteiger partial charge in [0.2, 0.25) is 0 Å². The van der Waals surface area contributed by atoms with Crippen LogP contribution >= 0.6 is 0 Å². The van der Waals surface area contributed by atoms with Crippen molar-refractivity contribution in [2.45, 2.75) is 45.3 Å². The molecule has 0 radical (unpaired) electrons. The van der Waals surface area contributed by atoms with E-state index in [-0.39, 0.29) is 0 Å². The normalized spacial score (nSPS) is 20.0. The van der Waals surface area contributed by atoms with Gasteiger partial charge in [0.25, 0.3) is 0 Å². The second-order valence-electron chi connectivity index (χ2n) is 4.94. The topological polar surface area (TPSA) is 42.4 Å². The van der Waals surface area contributed by atoms with Crippen molar-refractivity contribution in [1.29, 1.82) is 0 Å². The van der Waals surface area contributed by atoms with E-state index in [1.54, 1.807) is 6.26 Å². The van der Waals surface area contributed by atoms with Gasteiger partial charge in [-0.2, -0.15) is 0 Å². The van der Waals surface area contributed by atoms with Gasteiger partial charge in [-0.15, -0.1) is 0 Å². The molecule has 1 heterocycles. The van der Waals surface area contributed by atoms with Gasteiger partial charge in [-0.3, -0.25) is 4.90 Å². The van der Waals surface area contributed by atoms with Crippen molar-refractivity contribution in [2.75, 3.05) is 6.54 Å². The maximum Gasteiger partial charge on any atom is 0.117 e. The zero-order chi connectivity index (χ0) is 11.5. The van der Waals surface area contributed by atoms with Crippen LogP contribution in [0.5, 0.6) is 0 Å². The smallest absolute Gasteiger partial charge is 0.117 e. The molecule has 1 aromatic rings. The molecule has 1 aliphatic rings. The number of hydrogen-bond donors (Lipinski definition) is 1. The lowest BCUT2D eigenvalue weighted by molar-refractivity contribution is 0.136. The van der Waals surface area contributed by atoms with Crippen molar-refractivity contribution >= 4 is 0 Å². The molecule has 0 aromatic carbocycles. The van der Waals surface area contributed by atoms with Crippen LogP contribution in [0, 0.1) is 5.92 Å². The summed E-state index contributed by atoms with van der Waals surface area (Å²) in [5.41, 5.74) is 5.75. The molecule has 1 aromatic heterocycles. The average Bonchev–Trinajstić information content (AvgIpc) is 3.01. The Labute approximate surface area is 97.6 Å². The highest BCUT2D eigenvalue weighted by molar-refractivity contribution is 5.01. The molecule has 90 valence electrons. The molecule has 0 aliphatic heterocycles. The third-order valence-electron chi connectivity index (χ3n) is 3.65. The largest absolute Gasteiger partial charge is 0.468 e. The molecule has 2 rings (SSSR count). The molecule has 1 aliphatic carbocycles. The summed E-state index contributed by atoms with van der Waals surface area (Å²) in [5.74, 6) is 1.60. The lowest BCUT2D eigenvalue weighted by atomic mass is 10.0. The van der Waals surface area contributed by atoms with Crippen molar-refractivity contribution in [1.82, 2.24) is 4.90 Å². The Kier molecular flexibility index (Phi) is 3.66. The first-order valence-electron chi connectivity index (χ1n) is 6.20. The first kappa shape index (κ1) is 11.7. The van der Waals surface area contributed by atoms with Crippen molar-refractivity contribution in [2.24, 2.45) is 11.7 Å². The van der Waals surface area contributed by atoms with Gasteiger partial charge in [-0.05, 0) is 44.4 Å². The zero-order valence-corrected chi connectivity index (χ0v) is 10.2. The van der Waals surface area contributed by atoms with E-state index in [0.717, 1.165) is 24.9 Å². The number of rotatable bonds is 6. The Morgan fingerprint density at radius 2 is 2.25 bits per heavy atom. The fourth-order valence-electron chi connectivity index (χ4n) is 2.12. The molecule has 0 saturated heterocycles. The van der Waals surface area contributed by atoms with E-state index in [9.17, 15) is 0 Å². The second-order valence-corrected chi connectivity index (χ2v) is 4.94. The minimum Gasteiger partial charge on any atom is -0.468 e. The molecule has 16 heavy (non-hydrogen) atoms. The second kappa shape index (κ2) is 5.02. The van der Waals surface area contributed by atoms with Crippen LogP contribution in [0.1, 0.15) is 32.4 Å². The van der Waals surface area contributed by atoms with Crippen LogP contribution in [0.25, 0.3) is 0 Å². The van der Waals surface area contributed by atoms with Crippen molar-refractivity contribution in [3.8, 4) is 0 Å². The van der Waals surface area contributed by atoms with E-state index in [4.69, 9.17) is 10.2 Å². The number of nitrogens with zero attached hydrogens (tertiary/aromatic N) is 1. The zero-order valence-electron chi connectivity index (χ0n) is 10.2. The highest BCUT2D eigenvalue weighted by Crippen LogP contribution is 2.31. The van der Waals surface area contributed by atoms with E-state index < -0.39 is 0 Å². The molecule has 0 amide bonds. The van der Waals surface area contributed by atoms with Crippen LogP contribution < -0.4 is 5.73 Å². The lowest BCUT2D eigenvalue weighted by Gasteiger charge is -2.32. The van der Waals surface area contributed by atoms with Crippen LogP contribution in [-0.4, -0.2) is 23.5 Å². The summed E-state index contributed by atoms with van der Waals surface area (Å²) in [6, 6.07) is 5.28. The van der Waals surface area contributed by atoms with Gasteiger partial charge in [0.05, 0.1) is 12.8 Å². The third-order valence-corrected chi connectivity index (χ3v) is 3.65. The third kappa shape index (κ3) is 2.66. The molecule has 1 saturated carbocycles. The molecular formula is C13H22N2O. The summed E-state index contributed by atoms with van der Waals surface area (Å²) in [4.78, 5) is 2.54. The maximum absolute atomic E-state index is 5.75. The summed E-state index contributed by atoms with van der Waals surface area (Å²) >= 11 is 0. The lowest BCUT2D eigenvalue weighted by Crippen LogP contribution is -2.41. The predicted molar refractivity (Wildman–Crippen MR) is 65.0 cm³/mol. The van der Waals surface area contributed by atoms with Gasteiger partial charge in [-0.1, -0.05) is 6.92 Å². The molecule has 0 bridgehead atoms. The monoisotopic (exact) mass is 222 g/mol. The standard InChI is InChI=1S/C13H22N2O/c1-10(8-14)11(2)15(12-5-6-12)9-13-4-3-7-16-13/h3-4,7,10-12H,5-6,8-9,14H2,1-2H3. The molecule has 3 heteroatoms. The summed E-state index contributed by atoms with van der Waals surface area (Å²) in [6.07, 6.45) is 4.39. The minimum atomic E-state index is 0.530. The fraction of sp³-hybridized carbons (Fsp3) is 0.692. The van der Waals surface area contributed by atoms with E-state index in [0.29, 0.717) is 12.0 Å². The Bertz CT molecular complexity index is 306. The van der Waals surface area contributed by atoms with Crippen molar-refractivity contribution in [3.63, 3.8) is 0 Å². The van der Waals surface area contributed by atoms with E-state index in [1.807, 2.05) is 6.07 Å². The first-order valence-corrected chi connectivity index (χ1v) is 6.20. The number of nitrogens with two attached hydrogens (primary N) is 1. The molecule has 2 N–H and O–H groups in total. The maximum atomic E-state index is 5.75. The van der Waals surface area contributed by atoms with Crippen LogP contribution in [0.15, 0.2) is 22.8 Å². The highest BCUT2D eigenvalue weighted by atomic mass is 16.3. The van der Waals surface area contributed by atoms with Crippen LogP contribution in [0.2, 0.25) is 0 Å². The predicted octanol–water partition coefficient (Wildman–Crippen LogP) is 2.23. The summed E-state index contributed by atoms with van der Waals surface area (Å²) in [6.45, 7) is 6.17. The molecule has 2 atom stereocenters. The minimum absolute atomic E-state index is 0.530. The molecule has 0 spiro atoms. The van der Waals surface area contributed by atoms with E-state index in [2.05, 4.69) is 24.8 Å².